The minimum Gasteiger partial charge on any atom is -0.334 e. The fraction of sp³-hybridized carbons (Fsp3) is 0.520. The van der Waals surface area contributed by atoms with E-state index >= 15 is 0 Å². The van der Waals surface area contributed by atoms with E-state index in [2.05, 4.69) is 9.88 Å². The van der Waals surface area contributed by atoms with Gasteiger partial charge in [0.05, 0.1) is 5.56 Å². The number of nitrogens with zero attached hydrogens (tertiary/aromatic N) is 3. The number of benzene rings is 1. The van der Waals surface area contributed by atoms with Crippen molar-refractivity contribution in [3.05, 3.63) is 65.5 Å². The molecule has 0 N–H and O–H groups in total. The number of halogens is 2. The van der Waals surface area contributed by atoms with Crippen LogP contribution in [0.3, 0.4) is 0 Å². The van der Waals surface area contributed by atoms with Crippen molar-refractivity contribution in [2.45, 2.75) is 57.5 Å². The molecule has 1 aromatic heterocycles. The summed E-state index contributed by atoms with van der Waals surface area (Å²) in [5.41, 5.74) is 0.823. The van der Waals surface area contributed by atoms with Gasteiger partial charge in [-0.25, -0.2) is 8.78 Å². The number of rotatable bonds is 6. The first-order valence-electron chi connectivity index (χ1n) is 11.5. The number of piperidine rings is 1. The largest absolute Gasteiger partial charge is 0.334 e. The maximum atomic E-state index is 14.4. The Morgan fingerprint density at radius 1 is 1.10 bits per heavy atom. The number of carbonyl (C=O) groups excluding carboxylic acids is 1. The van der Waals surface area contributed by atoms with Crippen molar-refractivity contribution in [2.75, 3.05) is 19.6 Å². The Morgan fingerprint density at radius 3 is 2.68 bits per heavy atom. The van der Waals surface area contributed by atoms with Gasteiger partial charge >= 0.3 is 0 Å². The highest BCUT2D eigenvalue weighted by Gasteiger charge is 2.30. The minimum atomic E-state index is -0.811. The third kappa shape index (κ3) is 5.67. The Bertz CT molecular complexity index is 870. The Hall–Kier alpha value is -2.34. The van der Waals surface area contributed by atoms with E-state index in [9.17, 15) is 13.6 Å². The normalized spacial score (nSPS) is 20.5. The van der Waals surface area contributed by atoms with E-state index in [4.69, 9.17) is 0 Å². The van der Waals surface area contributed by atoms with Gasteiger partial charge in [0.2, 0.25) is 0 Å². The molecule has 0 bridgehead atoms. The molecule has 1 saturated heterocycles. The highest BCUT2D eigenvalue weighted by molar-refractivity contribution is 5.94. The summed E-state index contributed by atoms with van der Waals surface area (Å²) < 4.78 is 27.7. The monoisotopic (exact) mass is 427 g/mol. The van der Waals surface area contributed by atoms with Gasteiger partial charge in [-0.15, -0.1) is 0 Å². The lowest BCUT2D eigenvalue weighted by molar-refractivity contribution is 0.0580. The molecule has 2 fully saturated rings. The van der Waals surface area contributed by atoms with Crippen molar-refractivity contribution in [1.82, 2.24) is 14.8 Å². The van der Waals surface area contributed by atoms with E-state index in [-0.39, 0.29) is 5.56 Å². The van der Waals surface area contributed by atoms with Crippen molar-refractivity contribution < 1.29 is 13.6 Å². The lowest BCUT2D eigenvalue weighted by atomic mass is 9.90. The summed E-state index contributed by atoms with van der Waals surface area (Å²) in [6.07, 6.45) is 12.1. The smallest absolute Gasteiger partial charge is 0.257 e. The van der Waals surface area contributed by atoms with Gasteiger partial charge in [0.1, 0.15) is 11.6 Å². The van der Waals surface area contributed by atoms with E-state index in [0.717, 1.165) is 43.6 Å². The van der Waals surface area contributed by atoms with Crippen LogP contribution >= 0.6 is 0 Å². The number of aromatic nitrogens is 1. The molecule has 1 amide bonds. The SMILES string of the molecule is O=C(c1ccc(F)cc1F)N(Cc1cccnc1)CC1CCCN(C2CCCCC2)C1. The molecule has 4 rings (SSSR count). The Kier molecular flexibility index (Phi) is 7.28. The topological polar surface area (TPSA) is 36.4 Å². The average molecular weight is 428 g/mol. The molecule has 1 unspecified atom stereocenters. The van der Waals surface area contributed by atoms with E-state index in [0.29, 0.717) is 25.0 Å². The van der Waals surface area contributed by atoms with Gasteiger partial charge in [-0.2, -0.15) is 0 Å². The predicted molar refractivity (Wildman–Crippen MR) is 117 cm³/mol. The zero-order valence-electron chi connectivity index (χ0n) is 18.0. The molecule has 0 radical (unpaired) electrons. The molecule has 2 heterocycles. The summed E-state index contributed by atoms with van der Waals surface area (Å²) >= 11 is 0. The molecular formula is C25H31F2N3O. The Labute approximate surface area is 183 Å². The number of amides is 1. The zero-order valence-corrected chi connectivity index (χ0v) is 18.0. The van der Waals surface area contributed by atoms with Crippen molar-refractivity contribution in [3.8, 4) is 0 Å². The van der Waals surface area contributed by atoms with Crippen LogP contribution in [0.4, 0.5) is 8.78 Å². The summed E-state index contributed by atoms with van der Waals surface area (Å²) in [6, 6.07) is 7.59. The quantitative estimate of drug-likeness (QED) is 0.648. The second-order valence-corrected chi connectivity index (χ2v) is 8.97. The summed E-state index contributed by atoms with van der Waals surface area (Å²) in [7, 11) is 0. The molecule has 1 aliphatic carbocycles. The van der Waals surface area contributed by atoms with Crippen molar-refractivity contribution in [1.29, 1.82) is 0 Å². The van der Waals surface area contributed by atoms with Crippen LogP contribution in [0.1, 0.15) is 60.9 Å². The molecule has 1 aromatic carbocycles. The van der Waals surface area contributed by atoms with Crippen molar-refractivity contribution >= 4 is 5.91 Å². The van der Waals surface area contributed by atoms with Crippen molar-refractivity contribution in [2.24, 2.45) is 5.92 Å². The molecule has 1 aliphatic heterocycles. The summed E-state index contributed by atoms with van der Waals surface area (Å²) in [4.78, 5) is 21.7. The molecule has 4 nitrogen and oxygen atoms in total. The first kappa shape index (κ1) is 21.9. The summed E-state index contributed by atoms with van der Waals surface area (Å²) in [5.74, 6) is -1.53. The fourth-order valence-corrected chi connectivity index (χ4v) is 5.10. The minimum absolute atomic E-state index is 0.0785. The first-order valence-corrected chi connectivity index (χ1v) is 11.5. The van der Waals surface area contributed by atoms with Gasteiger partial charge < -0.3 is 9.80 Å². The first-order chi connectivity index (χ1) is 15.1. The molecule has 2 aliphatic rings. The van der Waals surface area contributed by atoms with E-state index < -0.39 is 17.5 Å². The number of hydrogen-bond acceptors (Lipinski definition) is 3. The van der Waals surface area contributed by atoms with Crippen LogP contribution in [0.2, 0.25) is 0 Å². The lowest BCUT2D eigenvalue weighted by Gasteiger charge is -2.41. The maximum Gasteiger partial charge on any atom is 0.257 e. The third-order valence-corrected chi connectivity index (χ3v) is 6.67. The highest BCUT2D eigenvalue weighted by Crippen LogP contribution is 2.28. The van der Waals surface area contributed by atoms with Crippen LogP contribution < -0.4 is 0 Å². The van der Waals surface area contributed by atoms with E-state index in [1.165, 1.54) is 38.2 Å². The second-order valence-electron chi connectivity index (χ2n) is 8.97. The van der Waals surface area contributed by atoms with Gasteiger partial charge in [0.15, 0.2) is 0 Å². The van der Waals surface area contributed by atoms with Crippen LogP contribution in [0.5, 0.6) is 0 Å². The van der Waals surface area contributed by atoms with Crippen LogP contribution in [0, 0.1) is 17.6 Å². The van der Waals surface area contributed by atoms with Gasteiger partial charge in [0.25, 0.3) is 5.91 Å². The van der Waals surface area contributed by atoms with Gasteiger partial charge in [0, 0.05) is 44.1 Å². The standard InChI is InChI=1S/C25H31F2N3O/c26-21-10-11-23(24(27)14-21)25(31)30(16-19-6-4-12-28-15-19)18-20-7-5-13-29(17-20)22-8-2-1-3-9-22/h4,6,10-12,14-15,20,22H,1-3,5,7-9,13,16-18H2. The molecule has 1 saturated carbocycles. The second kappa shape index (κ2) is 10.3. The molecular weight excluding hydrogens is 396 g/mol. The van der Waals surface area contributed by atoms with Crippen molar-refractivity contribution in [3.63, 3.8) is 0 Å². The third-order valence-electron chi connectivity index (χ3n) is 6.67. The molecule has 0 spiro atoms. The van der Waals surface area contributed by atoms with E-state index in [1.54, 1.807) is 17.3 Å². The van der Waals surface area contributed by atoms with Crippen LogP contribution in [-0.4, -0.2) is 46.4 Å². The van der Waals surface area contributed by atoms with E-state index in [1.807, 2.05) is 12.1 Å². The van der Waals surface area contributed by atoms with Gasteiger partial charge in [-0.05, 0) is 61.9 Å². The van der Waals surface area contributed by atoms with Crippen LogP contribution in [0.25, 0.3) is 0 Å². The van der Waals surface area contributed by atoms with Crippen LogP contribution in [-0.2, 0) is 6.54 Å². The molecule has 31 heavy (non-hydrogen) atoms. The number of pyridine rings is 1. The summed E-state index contributed by atoms with van der Waals surface area (Å²) in [6.45, 7) is 3.04. The lowest BCUT2D eigenvalue weighted by Crippen LogP contribution is -2.47. The molecule has 166 valence electrons. The predicted octanol–water partition coefficient (Wildman–Crippen LogP) is 5.05. The molecule has 1 atom stereocenters. The maximum absolute atomic E-state index is 14.4. The fourth-order valence-electron chi connectivity index (χ4n) is 5.10. The Morgan fingerprint density at radius 2 is 1.94 bits per heavy atom. The highest BCUT2D eigenvalue weighted by atomic mass is 19.1. The molecule has 2 aromatic rings. The molecule has 6 heteroatoms. The average Bonchev–Trinajstić information content (AvgIpc) is 2.80. The van der Waals surface area contributed by atoms with Gasteiger partial charge in [-0.1, -0.05) is 25.3 Å². The Balaban J connectivity index is 1.50. The van der Waals surface area contributed by atoms with Crippen LogP contribution in [0.15, 0.2) is 42.7 Å². The zero-order chi connectivity index (χ0) is 21.6. The summed E-state index contributed by atoms with van der Waals surface area (Å²) in [5, 5.41) is 0. The number of carbonyl (C=O) groups is 1. The van der Waals surface area contributed by atoms with Gasteiger partial charge in [-0.3, -0.25) is 9.78 Å². The number of hydrogen-bond donors (Lipinski definition) is 0. The number of likely N-dealkylation sites (tertiary alicyclic amines) is 1.